The molecule has 1 aliphatic carbocycles. The van der Waals surface area contributed by atoms with Crippen molar-refractivity contribution < 1.29 is 0 Å². The van der Waals surface area contributed by atoms with Gasteiger partial charge in [-0.25, -0.2) is 0 Å². The zero-order valence-corrected chi connectivity index (χ0v) is 13.4. The zero-order chi connectivity index (χ0) is 13.9. The van der Waals surface area contributed by atoms with Gasteiger partial charge in [-0.05, 0) is 40.0 Å². The van der Waals surface area contributed by atoms with E-state index in [1.165, 1.54) is 50.6 Å². The van der Waals surface area contributed by atoms with Crippen molar-refractivity contribution in [3.8, 4) is 0 Å². The molecule has 0 aromatic heterocycles. The Kier molecular flexibility index (Phi) is 4.73. The highest BCUT2D eigenvalue weighted by Gasteiger charge is 2.43. The van der Waals surface area contributed by atoms with E-state index in [9.17, 15) is 0 Å². The normalized spacial score (nSPS) is 31.4. The van der Waals surface area contributed by atoms with E-state index in [2.05, 4.69) is 44.0 Å². The third-order valence-electron chi connectivity index (χ3n) is 5.39. The van der Waals surface area contributed by atoms with E-state index in [0.717, 1.165) is 13.1 Å². The van der Waals surface area contributed by atoms with Gasteiger partial charge in [0.2, 0.25) is 0 Å². The summed E-state index contributed by atoms with van der Waals surface area (Å²) in [4.78, 5) is 2.74. The van der Waals surface area contributed by atoms with Crippen LogP contribution in [0.15, 0.2) is 11.6 Å². The maximum absolute atomic E-state index is 3.93. The number of hydrogen-bond donors (Lipinski definition) is 1. The van der Waals surface area contributed by atoms with Crippen molar-refractivity contribution in [3.05, 3.63) is 11.6 Å². The second kappa shape index (κ2) is 5.97. The minimum Gasteiger partial charge on any atom is -0.308 e. The molecule has 1 unspecified atom stereocenters. The Balaban J connectivity index is 2.10. The van der Waals surface area contributed by atoms with Crippen molar-refractivity contribution in [2.45, 2.75) is 77.3 Å². The fourth-order valence-corrected chi connectivity index (χ4v) is 3.59. The summed E-state index contributed by atoms with van der Waals surface area (Å²) < 4.78 is 0. The fourth-order valence-electron chi connectivity index (χ4n) is 3.59. The maximum atomic E-state index is 3.93. The van der Waals surface area contributed by atoms with Crippen LogP contribution in [0.2, 0.25) is 0 Å². The van der Waals surface area contributed by atoms with Gasteiger partial charge in [0.15, 0.2) is 0 Å². The van der Waals surface area contributed by atoms with Crippen molar-refractivity contribution in [2.24, 2.45) is 0 Å². The van der Waals surface area contributed by atoms with E-state index in [1.54, 1.807) is 0 Å². The molecule has 2 fully saturated rings. The lowest BCUT2D eigenvalue weighted by atomic mass is 9.77. The molecule has 0 radical (unpaired) electrons. The number of hydrogen-bond acceptors (Lipinski definition) is 2. The standard InChI is InChI=1S/C17H32N2/c1-5-16(4)13-18-17(10-7-6-8-11-17)14-19(16)12-9-15(2)3/h9,18H,5-8,10-14H2,1-4H3. The van der Waals surface area contributed by atoms with Gasteiger partial charge in [0.1, 0.15) is 0 Å². The predicted octanol–water partition coefficient (Wildman–Crippen LogP) is 3.73. The molecule has 0 aromatic rings. The summed E-state index contributed by atoms with van der Waals surface area (Å²) in [5, 5.41) is 3.93. The quantitative estimate of drug-likeness (QED) is 0.781. The van der Waals surface area contributed by atoms with Gasteiger partial charge in [0.25, 0.3) is 0 Å². The minimum absolute atomic E-state index is 0.328. The summed E-state index contributed by atoms with van der Waals surface area (Å²) in [5.41, 5.74) is 2.19. The highest BCUT2D eigenvalue weighted by Crippen LogP contribution is 2.35. The highest BCUT2D eigenvalue weighted by molar-refractivity contribution is 5.07. The van der Waals surface area contributed by atoms with Gasteiger partial charge in [-0.15, -0.1) is 0 Å². The van der Waals surface area contributed by atoms with Crippen LogP contribution in [0.3, 0.4) is 0 Å². The molecule has 1 saturated carbocycles. The lowest BCUT2D eigenvalue weighted by molar-refractivity contribution is 0.00689. The average molecular weight is 264 g/mol. The van der Waals surface area contributed by atoms with Crippen molar-refractivity contribution >= 4 is 0 Å². The third-order valence-corrected chi connectivity index (χ3v) is 5.39. The largest absolute Gasteiger partial charge is 0.308 e. The first kappa shape index (κ1) is 15.1. The molecule has 19 heavy (non-hydrogen) atoms. The van der Waals surface area contributed by atoms with Crippen LogP contribution >= 0.6 is 0 Å². The van der Waals surface area contributed by atoms with Gasteiger partial charge >= 0.3 is 0 Å². The Hall–Kier alpha value is -0.340. The number of nitrogens with one attached hydrogen (secondary N) is 1. The van der Waals surface area contributed by atoms with E-state index in [4.69, 9.17) is 0 Å². The monoisotopic (exact) mass is 264 g/mol. The fraction of sp³-hybridized carbons (Fsp3) is 0.882. The first-order chi connectivity index (χ1) is 9.00. The number of rotatable bonds is 3. The van der Waals surface area contributed by atoms with Crippen molar-refractivity contribution in [1.29, 1.82) is 0 Å². The molecule has 0 amide bonds. The maximum Gasteiger partial charge on any atom is 0.0309 e. The van der Waals surface area contributed by atoms with Gasteiger partial charge in [-0.2, -0.15) is 0 Å². The molecular formula is C17H32N2. The van der Waals surface area contributed by atoms with Gasteiger partial charge in [-0.3, -0.25) is 4.90 Å². The minimum atomic E-state index is 0.328. The second-order valence-electron chi connectivity index (χ2n) is 7.21. The molecule has 2 heteroatoms. The Morgan fingerprint density at radius 3 is 2.47 bits per heavy atom. The third kappa shape index (κ3) is 3.41. The molecule has 2 nitrogen and oxygen atoms in total. The van der Waals surface area contributed by atoms with E-state index in [1.807, 2.05) is 0 Å². The van der Waals surface area contributed by atoms with E-state index in [0.29, 0.717) is 11.1 Å². The van der Waals surface area contributed by atoms with Crippen LogP contribution in [0.4, 0.5) is 0 Å². The highest BCUT2D eigenvalue weighted by atomic mass is 15.3. The summed E-state index contributed by atoms with van der Waals surface area (Å²) in [5.74, 6) is 0. The number of allylic oxidation sites excluding steroid dienone is 1. The summed E-state index contributed by atoms with van der Waals surface area (Å²) in [7, 11) is 0. The van der Waals surface area contributed by atoms with Gasteiger partial charge < -0.3 is 5.32 Å². The first-order valence-corrected chi connectivity index (χ1v) is 8.13. The van der Waals surface area contributed by atoms with Gasteiger partial charge in [0.05, 0.1) is 0 Å². The average Bonchev–Trinajstić information content (AvgIpc) is 2.41. The van der Waals surface area contributed by atoms with Crippen LogP contribution in [-0.2, 0) is 0 Å². The summed E-state index contributed by atoms with van der Waals surface area (Å²) in [6, 6.07) is 0. The molecule has 1 aliphatic heterocycles. The Labute approximate surface area is 119 Å². The lowest BCUT2D eigenvalue weighted by Crippen LogP contribution is -2.69. The SMILES string of the molecule is CCC1(C)CNC2(CCCCC2)CN1CC=C(C)C. The molecule has 2 rings (SSSR count). The van der Waals surface area contributed by atoms with Crippen LogP contribution in [0.25, 0.3) is 0 Å². The van der Waals surface area contributed by atoms with Crippen molar-refractivity contribution in [3.63, 3.8) is 0 Å². The van der Waals surface area contributed by atoms with E-state index >= 15 is 0 Å². The van der Waals surface area contributed by atoms with Crippen LogP contribution in [-0.4, -0.2) is 35.6 Å². The van der Waals surface area contributed by atoms with Crippen LogP contribution in [0.1, 0.15) is 66.2 Å². The van der Waals surface area contributed by atoms with Crippen LogP contribution in [0.5, 0.6) is 0 Å². The topological polar surface area (TPSA) is 15.3 Å². The van der Waals surface area contributed by atoms with Crippen molar-refractivity contribution in [1.82, 2.24) is 10.2 Å². The van der Waals surface area contributed by atoms with Crippen molar-refractivity contribution in [2.75, 3.05) is 19.6 Å². The zero-order valence-electron chi connectivity index (χ0n) is 13.4. The smallest absolute Gasteiger partial charge is 0.0309 e. The second-order valence-corrected chi connectivity index (χ2v) is 7.21. The molecular weight excluding hydrogens is 232 g/mol. The Morgan fingerprint density at radius 1 is 1.21 bits per heavy atom. The van der Waals surface area contributed by atoms with Gasteiger partial charge in [-0.1, -0.05) is 37.8 Å². The molecule has 0 aromatic carbocycles. The molecule has 110 valence electrons. The Bertz CT molecular complexity index is 324. The van der Waals surface area contributed by atoms with Crippen LogP contribution < -0.4 is 5.32 Å². The number of nitrogens with zero attached hydrogens (tertiary/aromatic N) is 1. The van der Waals surface area contributed by atoms with E-state index in [-0.39, 0.29) is 0 Å². The molecule has 1 spiro atoms. The van der Waals surface area contributed by atoms with Gasteiger partial charge in [0, 0.05) is 30.7 Å². The summed E-state index contributed by atoms with van der Waals surface area (Å²) in [6.45, 7) is 12.7. The molecule has 2 aliphatic rings. The summed E-state index contributed by atoms with van der Waals surface area (Å²) >= 11 is 0. The molecule has 1 atom stereocenters. The first-order valence-electron chi connectivity index (χ1n) is 8.13. The summed E-state index contributed by atoms with van der Waals surface area (Å²) in [6.07, 6.45) is 10.6. The lowest BCUT2D eigenvalue weighted by Gasteiger charge is -2.54. The molecule has 1 N–H and O–H groups in total. The van der Waals surface area contributed by atoms with E-state index < -0.39 is 0 Å². The predicted molar refractivity (Wildman–Crippen MR) is 83.5 cm³/mol. The number of piperazine rings is 1. The molecule has 1 saturated heterocycles. The molecule has 0 bridgehead atoms. The molecule has 1 heterocycles. The van der Waals surface area contributed by atoms with Crippen LogP contribution in [0, 0.1) is 0 Å². The Morgan fingerprint density at radius 2 is 1.89 bits per heavy atom.